The molecular weight excluding hydrogens is 1380 g/mol. The van der Waals surface area contributed by atoms with Gasteiger partial charge in [0.05, 0.1) is 26.4 Å². The molecule has 0 heterocycles. The minimum atomic E-state index is -5.01. The van der Waals surface area contributed by atoms with Gasteiger partial charge in [0, 0.05) is 25.7 Å². The fourth-order valence-electron chi connectivity index (χ4n) is 9.85. The number of esters is 4. The van der Waals surface area contributed by atoms with Crippen LogP contribution in [0, 0.1) is 0 Å². The van der Waals surface area contributed by atoms with Crippen LogP contribution in [0.25, 0.3) is 0 Å². The van der Waals surface area contributed by atoms with Crippen molar-refractivity contribution < 1.29 is 80.2 Å². The summed E-state index contributed by atoms with van der Waals surface area (Å²) in [5.74, 6) is -2.32. The van der Waals surface area contributed by atoms with Gasteiger partial charge in [0.1, 0.15) is 19.3 Å². The van der Waals surface area contributed by atoms with Crippen LogP contribution in [0.2, 0.25) is 0 Å². The summed E-state index contributed by atoms with van der Waals surface area (Å²) in [4.78, 5) is 73.1. The minimum Gasteiger partial charge on any atom is -0.462 e. The molecule has 17 nitrogen and oxygen atoms in total. The molecule has 0 aromatic rings. The molecule has 0 saturated carbocycles. The Hall–Kier alpha value is -5.84. The van der Waals surface area contributed by atoms with Crippen LogP contribution in [0.15, 0.2) is 182 Å². The summed E-state index contributed by atoms with van der Waals surface area (Å²) in [6.45, 7) is 4.36. The summed E-state index contributed by atoms with van der Waals surface area (Å²) in [6, 6.07) is 0. The van der Waals surface area contributed by atoms with Crippen molar-refractivity contribution in [3.8, 4) is 0 Å². The summed E-state index contributed by atoms with van der Waals surface area (Å²) in [6.07, 6.45) is 93.0. The molecule has 600 valence electrons. The lowest BCUT2D eigenvalue weighted by atomic mass is 10.1. The molecule has 0 rings (SSSR count). The summed E-state index contributed by atoms with van der Waals surface area (Å²) < 4.78 is 68.5. The third-order valence-corrected chi connectivity index (χ3v) is 17.7. The SMILES string of the molecule is CC/C=C\C/C=C\C/C=C\C/C=C\C/C=C\CCCCCC(=O)OCC(COP(=O)(O)OCC(O)COP(=O)(O)OCC(COC(=O)CCCC/C=C\C/C=C\C/C=C\C/C=C\CC)OC(=O)CCCCCCC/C=C\C/C=C\CCCCC)OC(=O)CCCCCC/C=C\C/C=C\C/C=C\C/C=C\CC. The van der Waals surface area contributed by atoms with Crippen molar-refractivity contribution in [2.75, 3.05) is 39.6 Å². The lowest BCUT2D eigenvalue weighted by Gasteiger charge is -2.21. The third-order valence-electron chi connectivity index (χ3n) is 15.8. The van der Waals surface area contributed by atoms with Crippen molar-refractivity contribution in [2.24, 2.45) is 0 Å². The summed E-state index contributed by atoms with van der Waals surface area (Å²) in [5, 5.41) is 10.6. The van der Waals surface area contributed by atoms with E-state index in [-0.39, 0.29) is 25.7 Å². The van der Waals surface area contributed by atoms with E-state index in [1.165, 1.54) is 19.3 Å². The van der Waals surface area contributed by atoms with Gasteiger partial charge in [-0.3, -0.25) is 37.3 Å². The molecule has 0 aliphatic carbocycles. The largest absolute Gasteiger partial charge is 0.472 e. The number of phosphoric ester groups is 2. The van der Waals surface area contributed by atoms with E-state index in [9.17, 15) is 43.2 Å². The van der Waals surface area contributed by atoms with E-state index in [0.717, 1.165) is 186 Å². The Bertz CT molecular complexity index is 2730. The minimum absolute atomic E-state index is 0.0507. The van der Waals surface area contributed by atoms with Crippen molar-refractivity contribution in [3.05, 3.63) is 182 Å². The number of rotatable bonds is 73. The van der Waals surface area contributed by atoms with Gasteiger partial charge in [-0.15, -0.1) is 0 Å². The molecule has 0 aliphatic rings. The number of hydrogen-bond donors (Lipinski definition) is 3. The Morgan fingerprint density at radius 2 is 0.491 bits per heavy atom. The number of aliphatic hydroxyl groups excluding tert-OH is 1. The maximum Gasteiger partial charge on any atom is 0.472 e. The van der Waals surface area contributed by atoms with Gasteiger partial charge in [0.15, 0.2) is 12.2 Å². The second-order valence-electron chi connectivity index (χ2n) is 25.9. The van der Waals surface area contributed by atoms with Gasteiger partial charge in [-0.25, -0.2) is 9.13 Å². The molecule has 19 heteroatoms. The van der Waals surface area contributed by atoms with Crippen molar-refractivity contribution in [1.29, 1.82) is 0 Å². The molecule has 5 atom stereocenters. The zero-order chi connectivity index (χ0) is 77.4. The van der Waals surface area contributed by atoms with Gasteiger partial charge in [-0.1, -0.05) is 261 Å². The van der Waals surface area contributed by atoms with E-state index in [4.69, 9.17) is 37.0 Å². The van der Waals surface area contributed by atoms with E-state index >= 15 is 0 Å². The highest BCUT2D eigenvalue weighted by atomic mass is 31.2. The number of allylic oxidation sites excluding steroid dienone is 30. The highest BCUT2D eigenvalue weighted by Gasteiger charge is 2.30. The van der Waals surface area contributed by atoms with Crippen molar-refractivity contribution in [1.82, 2.24) is 0 Å². The first-order valence-corrected chi connectivity index (χ1v) is 43.0. The number of carbonyl (C=O) groups is 4. The predicted molar refractivity (Wildman–Crippen MR) is 436 cm³/mol. The highest BCUT2D eigenvalue weighted by Crippen LogP contribution is 2.45. The number of unbranched alkanes of at least 4 members (excludes halogenated alkanes) is 17. The maximum atomic E-state index is 13.1. The smallest absolute Gasteiger partial charge is 0.462 e. The molecule has 0 spiro atoms. The van der Waals surface area contributed by atoms with Crippen molar-refractivity contribution in [2.45, 2.75) is 303 Å². The molecule has 106 heavy (non-hydrogen) atoms. The molecule has 0 aliphatic heterocycles. The lowest BCUT2D eigenvalue weighted by Crippen LogP contribution is -2.30. The third kappa shape index (κ3) is 76.4. The number of ether oxygens (including phenoxy) is 4. The van der Waals surface area contributed by atoms with Gasteiger partial charge in [0.25, 0.3) is 0 Å². The quantitative estimate of drug-likeness (QED) is 0.0169. The molecule has 0 amide bonds. The molecule has 0 radical (unpaired) electrons. The van der Waals surface area contributed by atoms with E-state index in [2.05, 4.69) is 210 Å². The first-order chi connectivity index (χ1) is 51.7. The fourth-order valence-corrected chi connectivity index (χ4v) is 11.4. The van der Waals surface area contributed by atoms with Crippen LogP contribution in [-0.2, 0) is 65.4 Å². The Labute approximate surface area is 641 Å². The van der Waals surface area contributed by atoms with Gasteiger partial charge >= 0.3 is 39.5 Å². The Morgan fingerprint density at radius 1 is 0.274 bits per heavy atom. The van der Waals surface area contributed by atoms with Crippen LogP contribution in [-0.4, -0.2) is 96.7 Å². The lowest BCUT2D eigenvalue weighted by molar-refractivity contribution is -0.161. The predicted octanol–water partition coefficient (Wildman–Crippen LogP) is 23.6. The van der Waals surface area contributed by atoms with E-state index < -0.39 is 97.5 Å². The monoisotopic (exact) mass is 1520 g/mol. The number of hydrogen-bond acceptors (Lipinski definition) is 15. The van der Waals surface area contributed by atoms with Gasteiger partial charge < -0.3 is 33.8 Å². The molecule has 5 unspecified atom stereocenters. The average Bonchev–Trinajstić information content (AvgIpc) is 0.902. The van der Waals surface area contributed by atoms with E-state index in [1.54, 1.807) is 0 Å². The molecule has 0 bridgehead atoms. The van der Waals surface area contributed by atoms with Crippen LogP contribution in [0.1, 0.15) is 285 Å². The Morgan fingerprint density at radius 3 is 0.783 bits per heavy atom. The summed E-state index contributed by atoms with van der Waals surface area (Å²) in [7, 11) is -10.0. The maximum absolute atomic E-state index is 13.1. The summed E-state index contributed by atoms with van der Waals surface area (Å²) >= 11 is 0. The van der Waals surface area contributed by atoms with Gasteiger partial charge in [-0.05, 0) is 180 Å². The zero-order valence-corrected chi connectivity index (χ0v) is 67.3. The van der Waals surface area contributed by atoms with Gasteiger partial charge in [-0.2, -0.15) is 0 Å². The first kappa shape index (κ1) is 100. The zero-order valence-electron chi connectivity index (χ0n) is 65.5. The summed E-state index contributed by atoms with van der Waals surface area (Å²) in [5.41, 5.74) is 0. The number of aliphatic hydroxyl groups is 1. The molecule has 0 aromatic heterocycles. The normalized spacial score (nSPS) is 14.8. The van der Waals surface area contributed by atoms with Crippen LogP contribution in [0.3, 0.4) is 0 Å². The van der Waals surface area contributed by atoms with Crippen LogP contribution < -0.4 is 0 Å². The van der Waals surface area contributed by atoms with Crippen LogP contribution >= 0.6 is 15.6 Å². The topological polar surface area (TPSA) is 237 Å². The first-order valence-electron chi connectivity index (χ1n) is 40.0. The molecule has 0 fully saturated rings. The van der Waals surface area contributed by atoms with Crippen molar-refractivity contribution in [3.63, 3.8) is 0 Å². The van der Waals surface area contributed by atoms with E-state index in [1.807, 2.05) is 0 Å². The number of phosphoric acid groups is 2. The second-order valence-corrected chi connectivity index (χ2v) is 28.8. The fraction of sp³-hybridized carbons (Fsp3) is 0.609. The standard InChI is InChI=1S/C87H140O17P2/c1-5-9-13-17-21-25-29-33-37-39-40-42-45-48-52-56-60-64-68-72-85(90)98-78-83(104-87(92)74-70-66-62-58-54-50-46-41-38-34-30-26-22-18-14-10-6-2)80-102-106(95,96)100-76-81(88)75-99-105(93,94)101-79-82(103-86(91)73-69-65-61-57-53-49-44-36-32-28-24-20-16-12-8-4)77-97-84(89)71-67-63-59-55-51-47-43-35-31-27-23-19-15-11-7-3/h9-11,13-15,21-28,33-38,40,42-44,46,48,50-52,55,81-83,88H,5-8,12,16-20,29-32,39,41,45,47,49,53-54,56-80H2,1-4H3,(H,93,94)(H,95,96)/b13-9-,14-10-,15-11-,25-21-,26-22-,27-23-,28-24-,37-33-,38-34-,42-40-,43-35-,44-36-,50-46-,52-48-,55-51-. The number of carbonyl (C=O) groups excluding carboxylic acids is 4. The van der Waals surface area contributed by atoms with E-state index in [0.29, 0.717) is 25.7 Å². The molecular formula is C87H140O17P2. The average molecular weight is 1520 g/mol. The van der Waals surface area contributed by atoms with Crippen LogP contribution in [0.5, 0.6) is 0 Å². The molecule has 3 N–H and O–H groups in total. The van der Waals surface area contributed by atoms with Gasteiger partial charge in [0.2, 0.25) is 0 Å². The Kier molecular flexibility index (Phi) is 73.1. The molecule has 0 saturated heterocycles. The van der Waals surface area contributed by atoms with Crippen LogP contribution in [0.4, 0.5) is 0 Å². The Balaban J connectivity index is 5.49. The highest BCUT2D eigenvalue weighted by molar-refractivity contribution is 7.47. The second kappa shape index (κ2) is 77.3. The molecule has 0 aromatic carbocycles. The van der Waals surface area contributed by atoms with Crippen molar-refractivity contribution >= 4 is 39.5 Å².